The summed E-state index contributed by atoms with van der Waals surface area (Å²) in [5.74, 6) is -0.0671. The molecule has 0 saturated heterocycles. The van der Waals surface area contributed by atoms with Crippen LogP contribution in [0.3, 0.4) is 0 Å². The van der Waals surface area contributed by atoms with Crippen molar-refractivity contribution in [2.75, 3.05) is 6.73 Å². The number of hydrazone groups is 1. The largest absolute Gasteiger partial charge is 0.460 e. The van der Waals surface area contributed by atoms with E-state index in [9.17, 15) is 4.79 Å². The van der Waals surface area contributed by atoms with Crippen LogP contribution in [0.4, 0.5) is 0 Å². The number of carbonyl (C=O) groups is 1. The first-order chi connectivity index (χ1) is 8.83. The molecule has 0 amide bonds. The number of Topliss-reactive ketones (excluding diaryl/α,β-unsaturated/α-hetero) is 1. The van der Waals surface area contributed by atoms with Gasteiger partial charge in [-0.15, -0.1) is 5.10 Å². The molecule has 0 saturated carbocycles. The van der Waals surface area contributed by atoms with E-state index in [-0.39, 0.29) is 11.8 Å². The van der Waals surface area contributed by atoms with Crippen molar-refractivity contribution in [1.82, 2.24) is 10.2 Å². The van der Waals surface area contributed by atoms with Gasteiger partial charge in [-0.3, -0.25) is 4.79 Å². The normalized spacial score (nSPS) is 15.7. The van der Waals surface area contributed by atoms with E-state index in [1.165, 1.54) is 12.7 Å². The van der Waals surface area contributed by atoms with E-state index < -0.39 is 0 Å². The minimum Gasteiger partial charge on any atom is -0.460 e. The minimum atomic E-state index is -0.319. The smallest absolute Gasteiger partial charge is 0.208 e. The predicted octanol–water partition coefficient (Wildman–Crippen LogP) is 2.04. The highest BCUT2D eigenvalue weighted by atomic mass is 16.5. The maximum absolute atomic E-state index is 12.3. The quantitative estimate of drug-likeness (QED) is 0.548. The Balaban J connectivity index is 2.03. The zero-order valence-electron chi connectivity index (χ0n) is 10.4. The molecule has 1 unspecified atom stereocenters. The van der Waals surface area contributed by atoms with Crippen molar-refractivity contribution in [2.45, 2.75) is 38.6 Å². The van der Waals surface area contributed by atoms with Gasteiger partial charge in [0.1, 0.15) is 12.3 Å². The molecule has 6 heteroatoms. The first kappa shape index (κ1) is 12.6. The molecule has 2 heterocycles. The van der Waals surface area contributed by atoms with Crippen LogP contribution in [0.5, 0.6) is 0 Å². The molecule has 0 aromatic carbocycles. The molecule has 1 aliphatic heterocycles. The molecule has 0 N–H and O–H groups in total. The van der Waals surface area contributed by atoms with E-state index >= 15 is 0 Å². The van der Waals surface area contributed by atoms with Crippen molar-refractivity contribution in [1.29, 1.82) is 0 Å². The number of aromatic nitrogens is 1. The number of nitrogens with zero attached hydrogens (tertiary/aromatic N) is 3. The summed E-state index contributed by atoms with van der Waals surface area (Å²) in [7, 11) is 0. The Morgan fingerprint density at radius 1 is 1.56 bits per heavy atom. The van der Waals surface area contributed by atoms with E-state index in [1.54, 1.807) is 11.1 Å². The molecule has 1 atom stereocenters. The topological polar surface area (TPSA) is 67.9 Å². The second kappa shape index (κ2) is 6.18. The molecular formula is C12H17N3O3. The lowest BCUT2D eigenvalue weighted by molar-refractivity contribution is 0.0696. The summed E-state index contributed by atoms with van der Waals surface area (Å²) in [6.07, 6.45) is 6.71. The standard InChI is InChI=1S/C12H17N3O3/c1-2-3-4-5-11(15-9-17-8-13-15)12(16)10-6-7-18-14-10/h6-8,11H,2-5,9H2,1H3. The van der Waals surface area contributed by atoms with Crippen LogP contribution in [-0.2, 0) is 4.74 Å². The molecule has 2 rings (SSSR count). The number of hydrogen-bond donors (Lipinski definition) is 0. The summed E-state index contributed by atoms with van der Waals surface area (Å²) >= 11 is 0. The molecule has 0 spiro atoms. The Hall–Kier alpha value is -1.85. The van der Waals surface area contributed by atoms with E-state index in [0.29, 0.717) is 12.4 Å². The van der Waals surface area contributed by atoms with Gasteiger partial charge in [0, 0.05) is 6.07 Å². The number of ether oxygens (including phenoxy) is 1. The number of unbranched alkanes of at least 4 members (excludes halogenated alkanes) is 2. The van der Waals surface area contributed by atoms with Gasteiger partial charge in [0.05, 0.1) is 0 Å². The summed E-state index contributed by atoms with van der Waals surface area (Å²) < 4.78 is 9.77. The predicted molar refractivity (Wildman–Crippen MR) is 65.0 cm³/mol. The summed E-state index contributed by atoms with van der Waals surface area (Å²) in [5.41, 5.74) is 0.346. The van der Waals surface area contributed by atoms with Crippen molar-refractivity contribution < 1.29 is 14.1 Å². The third-order valence-electron chi connectivity index (χ3n) is 2.91. The molecule has 1 aliphatic rings. The van der Waals surface area contributed by atoms with Gasteiger partial charge in [0.25, 0.3) is 0 Å². The second-order valence-corrected chi connectivity index (χ2v) is 4.22. The lowest BCUT2D eigenvalue weighted by atomic mass is 10.0. The van der Waals surface area contributed by atoms with Gasteiger partial charge in [0.15, 0.2) is 18.8 Å². The van der Waals surface area contributed by atoms with E-state index in [4.69, 9.17) is 9.26 Å². The molecule has 18 heavy (non-hydrogen) atoms. The lowest BCUT2D eigenvalue weighted by Crippen LogP contribution is -2.37. The van der Waals surface area contributed by atoms with Crippen LogP contribution in [0.1, 0.15) is 43.1 Å². The fraction of sp³-hybridized carbons (Fsp3) is 0.583. The maximum atomic E-state index is 12.3. The molecular weight excluding hydrogens is 234 g/mol. The van der Waals surface area contributed by atoms with E-state index in [0.717, 1.165) is 25.7 Å². The minimum absolute atomic E-state index is 0.0671. The van der Waals surface area contributed by atoms with Crippen LogP contribution in [0, 0.1) is 0 Å². The fourth-order valence-corrected chi connectivity index (χ4v) is 1.92. The SMILES string of the molecule is CCCCCC(C(=O)c1ccon1)N1COC=N1. The molecule has 6 nitrogen and oxygen atoms in total. The number of ketones is 1. The van der Waals surface area contributed by atoms with E-state index in [2.05, 4.69) is 17.2 Å². The maximum Gasteiger partial charge on any atom is 0.208 e. The second-order valence-electron chi connectivity index (χ2n) is 4.22. The lowest BCUT2D eigenvalue weighted by Gasteiger charge is -2.22. The number of hydrogen-bond acceptors (Lipinski definition) is 6. The number of carbonyl (C=O) groups excluding carboxylic acids is 1. The van der Waals surface area contributed by atoms with Crippen LogP contribution in [-0.4, -0.2) is 35.1 Å². The monoisotopic (exact) mass is 251 g/mol. The van der Waals surface area contributed by atoms with Gasteiger partial charge in [-0.05, 0) is 6.42 Å². The van der Waals surface area contributed by atoms with Crippen molar-refractivity contribution in [3.8, 4) is 0 Å². The molecule has 0 fully saturated rings. The van der Waals surface area contributed by atoms with Gasteiger partial charge in [-0.25, -0.2) is 5.01 Å². The first-order valence-electron chi connectivity index (χ1n) is 6.18. The summed E-state index contributed by atoms with van der Waals surface area (Å²) in [4.78, 5) is 12.3. The Morgan fingerprint density at radius 2 is 2.44 bits per heavy atom. The Morgan fingerprint density at radius 3 is 3.06 bits per heavy atom. The van der Waals surface area contributed by atoms with Crippen molar-refractivity contribution in [2.24, 2.45) is 5.10 Å². The fourth-order valence-electron chi connectivity index (χ4n) is 1.92. The summed E-state index contributed by atoms with van der Waals surface area (Å²) in [5, 5.41) is 9.40. The first-order valence-corrected chi connectivity index (χ1v) is 6.18. The van der Waals surface area contributed by atoms with E-state index in [1.807, 2.05) is 0 Å². The average Bonchev–Trinajstić information content (AvgIpc) is 3.05. The van der Waals surface area contributed by atoms with Gasteiger partial charge < -0.3 is 9.26 Å². The average molecular weight is 251 g/mol. The van der Waals surface area contributed by atoms with Gasteiger partial charge >= 0.3 is 0 Å². The van der Waals surface area contributed by atoms with Crippen molar-refractivity contribution in [3.05, 3.63) is 18.0 Å². The Labute approximate surface area is 106 Å². The highest BCUT2D eigenvalue weighted by Gasteiger charge is 2.29. The molecule has 0 radical (unpaired) electrons. The van der Waals surface area contributed by atoms with Crippen LogP contribution < -0.4 is 0 Å². The van der Waals surface area contributed by atoms with Gasteiger partial charge in [-0.2, -0.15) is 0 Å². The van der Waals surface area contributed by atoms with Gasteiger partial charge in [-0.1, -0.05) is 31.3 Å². The zero-order valence-corrected chi connectivity index (χ0v) is 10.4. The highest BCUT2D eigenvalue weighted by Crippen LogP contribution is 2.17. The zero-order chi connectivity index (χ0) is 12.8. The third-order valence-corrected chi connectivity index (χ3v) is 2.91. The Kier molecular flexibility index (Phi) is 4.33. The van der Waals surface area contributed by atoms with Crippen molar-refractivity contribution >= 4 is 12.2 Å². The van der Waals surface area contributed by atoms with Gasteiger partial charge in [0.2, 0.25) is 5.78 Å². The van der Waals surface area contributed by atoms with Crippen LogP contribution in [0.25, 0.3) is 0 Å². The third kappa shape index (κ3) is 2.88. The van der Waals surface area contributed by atoms with Crippen LogP contribution in [0.2, 0.25) is 0 Å². The molecule has 0 bridgehead atoms. The number of rotatable bonds is 7. The Bertz CT molecular complexity index is 403. The van der Waals surface area contributed by atoms with Crippen molar-refractivity contribution in [3.63, 3.8) is 0 Å². The summed E-state index contributed by atoms with van der Waals surface area (Å²) in [6, 6.07) is 1.26. The molecule has 1 aromatic rings. The van der Waals surface area contributed by atoms with Crippen LogP contribution >= 0.6 is 0 Å². The highest BCUT2D eigenvalue weighted by molar-refractivity contribution is 5.98. The molecule has 1 aromatic heterocycles. The molecule has 0 aliphatic carbocycles. The molecule has 98 valence electrons. The summed E-state index contributed by atoms with van der Waals surface area (Å²) in [6.45, 7) is 2.45. The van der Waals surface area contributed by atoms with Crippen LogP contribution in [0.15, 0.2) is 22.0 Å².